The fourth-order valence-corrected chi connectivity index (χ4v) is 2.88. The second kappa shape index (κ2) is 5.83. The van der Waals surface area contributed by atoms with Crippen molar-refractivity contribution in [1.82, 2.24) is 14.4 Å². The number of nitrogen functional groups attached to an aromatic ring is 2. The molecule has 0 fully saturated rings. The van der Waals surface area contributed by atoms with Crippen LogP contribution in [0.2, 0.25) is 0 Å². The predicted molar refractivity (Wildman–Crippen MR) is 99.2 cm³/mol. The number of rotatable bonds is 3. The van der Waals surface area contributed by atoms with Crippen LogP contribution in [-0.2, 0) is 0 Å². The molecule has 0 aliphatic carbocycles. The van der Waals surface area contributed by atoms with Crippen molar-refractivity contribution < 1.29 is 4.74 Å². The number of hydrogen-bond acceptors (Lipinski definition) is 5. The fourth-order valence-electron chi connectivity index (χ4n) is 2.88. The summed E-state index contributed by atoms with van der Waals surface area (Å²) in [4.78, 5) is 8.97. The van der Waals surface area contributed by atoms with Crippen molar-refractivity contribution in [1.29, 1.82) is 0 Å². The third-order valence-corrected chi connectivity index (χ3v) is 4.11. The van der Waals surface area contributed by atoms with Crippen LogP contribution < -0.4 is 16.2 Å². The van der Waals surface area contributed by atoms with Crippen LogP contribution >= 0.6 is 0 Å². The lowest BCUT2D eigenvalue weighted by Crippen LogP contribution is -2.01. The molecule has 0 saturated carbocycles. The largest absolute Gasteiger partial charge is 0.497 e. The number of aromatic nitrogens is 3. The maximum atomic E-state index is 6.13. The van der Waals surface area contributed by atoms with Gasteiger partial charge in [0.2, 0.25) is 5.95 Å². The minimum Gasteiger partial charge on any atom is -0.497 e. The Morgan fingerprint density at radius 1 is 0.880 bits per heavy atom. The molecule has 0 atom stereocenters. The van der Waals surface area contributed by atoms with E-state index in [0.717, 1.165) is 33.9 Å². The highest BCUT2D eigenvalue weighted by Gasteiger charge is 2.18. The van der Waals surface area contributed by atoms with Gasteiger partial charge in [-0.25, -0.2) is 9.97 Å². The average Bonchev–Trinajstić information content (AvgIpc) is 3.03. The highest BCUT2D eigenvalue weighted by Crippen LogP contribution is 2.34. The molecule has 0 aliphatic rings. The Labute approximate surface area is 144 Å². The van der Waals surface area contributed by atoms with Crippen LogP contribution in [0.5, 0.6) is 5.75 Å². The van der Waals surface area contributed by atoms with E-state index in [9.17, 15) is 0 Å². The highest BCUT2D eigenvalue weighted by atomic mass is 16.5. The van der Waals surface area contributed by atoms with Gasteiger partial charge in [-0.2, -0.15) is 0 Å². The third-order valence-electron chi connectivity index (χ3n) is 4.11. The molecular formula is C19H17N5O. The molecule has 4 N–H and O–H groups in total. The summed E-state index contributed by atoms with van der Waals surface area (Å²) in [5.74, 6) is 1.18. The molecule has 124 valence electrons. The number of fused-ring (bicyclic) bond motifs is 1. The zero-order valence-corrected chi connectivity index (χ0v) is 13.7. The summed E-state index contributed by atoms with van der Waals surface area (Å²) in [6.45, 7) is 0. The quantitative estimate of drug-likeness (QED) is 0.562. The summed E-state index contributed by atoms with van der Waals surface area (Å²) >= 11 is 0. The van der Waals surface area contributed by atoms with Crippen LogP contribution in [0.4, 0.5) is 11.6 Å². The highest BCUT2D eigenvalue weighted by molar-refractivity contribution is 5.83. The predicted octanol–water partition coefficient (Wildman–Crippen LogP) is 3.24. The summed E-state index contributed by atoms with van der Waals surface area (Å²) in [6.07, 6.45) is 1.65. The van der Waals surface area contributed by atoms with Gasteiger partial charge >= 0.3 is 0 Å². The number of imidazole rings is 1. The number of nitrogens with zero attached hydrogens (tertiary/aromatic N) is 3. The lowest BCUT2D eigenvalue weighted by Gasteiger charge is -2.08. The van der Waals surface area contributed by atoms with Crippen LogP contribution in [0.25, 0.3) is 28.2 Å². The van der Waals surface area contributed by atoms with E-state index in [2.05, 4.69) is 4.98 Å². The Morgan fingerprint density at radius 3 is 2.24 bits per heavy atom. The van der Waals surface area contributed by atoms with Gasteiger partial charge in [0, 0.05) is 23.0 Å². The fraction of sp³-hybridized carbons (Fsp3) is 0.0526. The van der Waals surface area contributed by atoms with Gasteiger partial charge in [0.25, 0.3) is 0 Å². The molecule has 0 radical (unpaired) electrons. The van der Waals surface area contributed by atoms with Gasteiger partial charge in [-0.15, -0.1) is 0 Å². The molecule has 6 nitrogen and oxygen atoms in total. The van der Waals surface area contributed by atoms with Crippen molar-refractivity contribution in [3.8, 4) is 28.3 Å². The van der Waals surface area contributed by atoms with Crippen LogP contribution in [0.1, 0.15) is 0 Å². The summed E-state index contributed by atoms with van der Waals surface area (Å²) < 4.78 is 7.11. The van der Waals surface area contributed by atoms with Crippen LogP contribution in [0, 0.1) is 0 Å². The van der Waals surface area contributed by atoms with Gasteiger partial charge < -0.3 is 16.2 Å². The van der Waals surface area contributed by atoms with Crippen LogP contribution in [0.15, 0.2) is 60.8 Å². The summed E-state index contributed by atoms with van der Waals surface area (Å²) in [5.41, 5.74) is 17.0. The molecule has 0 spiro atoms. The van der Waals surface area contributed by atoms with E-state index in [-0.39, 0.29) is 0 Å². The topological polar surface area (TPSA) is 91.5 Å². The van der Waals surface area contributed by atoms with Gasteiger partial charge in [0.15, 0.2) is 0 Å². The molecule has 4 rings (SSSR count). The van der Waals surface area contributed by atoms with Crippen molar-refractivity contribution >= 4 is 17.3 Å². The van der Waals surface area contributed by atoms with E-state index in [1.54, 1.807) is 13.3 Å². The van der Waals surface area contributed by atoms with E-state index in [1.165, 1.54) is 0 Å². The second-order valence-electron chi connectivity index (χ2n) is 5.66. The SMILES string of the molecule is COc1ccc(-c2c(-c3ccc(N)cc3)nc3ccnc(N)n23)cc1. The molecule has 0 saturated heterocycles. The number of nitrogens with two attached hydrogens (primary N) is 2. The van der Waals surface area contributed by atoms with Gasteiger partial charge in [-0.05, 0) is 42.5 Å². The minimum atomic E-state index is 0.387. The number of methoxy groups -OCH3 is 1. The van der Waals surface area contributed by atoms with E-state index in [4.69, 9.17) is 21.2 Å². The average molecular weight is 331 g/mol. The van der Waals surface area contributed by atoms with Gasteiger partial charge in [-0.1, -0.05) is 12.1 Å². The van der Waals surface area contributed by atoms with E-state index in [0.29, 0.717) is 11.6 Å². The molecule has 0 amide bonds. The lowest BCUT2D eigenvalue weighted by molar-refractivity contribution is 0.415. The molecule has 0 unspecified atom stereocenters. The summed E-state index contributed by atoms with van der Waals surface area (Å²) in [6, 6.07) is 17.2. The Kier molecular flexibility index (Phi) is 3.50. The standard InChI is InChI=1S/C19H17N5O/c1-25-15-8-4-13(5-9-15)18-17(12-2-6-14(20)7-3-12)23-16-10-11-22-19(21)24(16)18/h2-11H,20H2,1H3,(H2,21,22). The van der Waals surface area contributed by atoms with E-state index < -0.39 is 0 Å². The van der Waals surface area contributed by atoms with Crippen LogP contribution in [-0.4, -0.2) is 21.5 Å². The number of anilines is 2. The molecule has 6 heteroatoms. The Balaban J connectivity index is 2.01. The number of hydrogen-bond donors (Lipinski definition) is 2. The van der Waals surface area contributed by atoms with Crippen molar-refractivity contribution in [2.45, 2.75) is 0 Å². The molecule has 2 heterocycles. The van der Waals surface area contributed by atoms with Gasteiger partial charge in [0.05, 0.1) is 18.5 Å². The number of benzene rings is 2. The monoisotopic (exact) mass is 331 g/mol. The van der Waals surface area contributed by atoms with Crippen LogP contribution in [0.3, 0.4) is 0 Å². The first kappa shape index (κ1) is 15.0. The molecule has 2 aromatic carbocycles. The Hall–Kier alpha value is -3.54. The summed E-state index contributed by atoms with van der Waals surface area (Å²) in [7, 11) is 1.64. The van der Waals surface area contributed by atoms with Gasteiger partial charge in [0.1, 0.15) is 11.4 Å². The van der Waals surface area contributed by atoms with E-state index >= 15 is 0 Å². The molecule has 0 aliphatic heterocycles. The van der Waals surface area contributed by atoms with Crippen molar-refractivity contribution in [3.05, 3.63) is 60.8 Å². The molecule has 4 aromatic rings. The zero-order chi connectivity index (χ0) is 17.4. The zero-order valence-electron chi connectivity index (χ0n) is 13.7. The van der Waals surface area contributed by atoms with E-state index in [1.807, 2.05) is 59.0 Å². The molecular weight excluding hydrogens is 314 g/mol. The van der Waals surface area contributed by atoms with Crippen molar-refractivity contribution in [2.75, 3.05) is 18.6 Å². The normalized spacial score (nSPS) is 10.9. The third kappa shape index (κ3) is 2.53. The molecule has 2 aromatic heterocycles. The first-order valence-corrected chi connectivity index (χ1v) is 7.80. The molecule has 0 bridgehead atoms. The van der Waals surface area contributed by atoms with Crippen molar-refractivity contribution in [3.63, 3.8) is 0 Å². The smallest absolute Gasteiger partial charge is 0.206 e. The maximum absolute atomic E-state index is 6.13. The second-order valence-corrected chi connectivity index (χ2v) is 5.66. The Morgan fingerprint density at radius 2 is 1.56 bits per heavy atom. The first-order valence-electron chi connectivity index (χ1n) is 7.80. The minimum absolute atomic E-state index is 0.387. The van der Waals surface area contributed by atoms with Gasteiger partial charge in [-0.3, -0.25) is 4.40 Å². The Bertz CT molecular complexity index is 1040. The van der Waals surface area contributed by atoms with Crippen molar-refractivity contribution in [2.24, 2.45) is 0 Å². The first-order chi connectivity index (χ1) is 12.2. The maximum Gasteiger partial charge on any atom is 0.206 e. The molecule has 25 heavy (non-hydrogen) atoms. The lowest BCUT2D eigenvalue weighted by atomic mass is 10.0. The number of ether oxygens (including phenoxy) is 1. The summed E-state index contributed by atoms with van der Waals surface area (Å²) in [5, 5.41) is 0.